The molecule has 0 heterocycles. The molecule has 29 heavy (non-hydrogen) atoms. The van der Waals surface area contributed by atoms with Crippen LogP contribution in [0.3, 0.4) is 0 Å². The van der Waals surface area contributed by atoms with E-state index in [1.807, 2.05) is 44.2 Å². The van der Waals surface area contributed by atoms with Gasteiger partial charge in [0.25, 0.3) is 0 Å². The number of hydrogen-bond donors (Lipinski definition) is 2. The molecule has 0 aromatic heterocycles. The second-order valence-corrected chi connectivity index (χ2v) is 8.19. The van der Waals surface area contributed by atoms with Gasteiger partial charge in [-0.05, 0) is 38.8 Å². The maximum atomic E-state index is 12.7. The van der Waals surface area contributed by atoms with Crippen LogP contribution in [-0.2, 0) is 20.8 Å². The fourth-order valence-electron chi connectivity index (χ4n) is 2.73. The molecule has 1 rings (SSSR count). The Hall–Kier alpha value is -2.51. The number of amides is 2. The summed E-state index contributed by atoms with van der Waals surface area (Å²) in [5.41, 5.74) is 12.2. The summed E-state index contributed by atoms with van der Waals surface area (Å²) in [6.45, 7) is 5.21. The van der Waals surface area contributed by atoms with Gasteiger partial charge in [-0.2, -0.15) is 0 Å². The van der Waals surface area contributed by atoms with Gasteiger partial charge in [-0.25, -0.2) is 0 Å². The summed E-state index contributed by atoms with van der Waals surface area (Å²) in [4.78, 5) is 40.3. The lowest BCUT2D eigenvalue weighted by molar-refractivity contribution is -0.141. The zero-order valence-electron chi connectivity index (χ0n) is 18.1. The molecule has 2 amide bonds. The van der Waals surface area contributed by atoms with E-state index in [4.69, 9.17) is 11.5 Å². The maximum Gasteiger partial charge on any atom is 0.246 e. The number of ketones is 1. The molecule has 160 valence electrons. The minimum absolute atomic E-state index is 0.136. The Morgan fingerprint density at radius 1 is 1.14 bits per heavy atom. The molecule has 0 spiro atoms. The van der Waals surface area contributed by atoms with Crippen LogP contribution < -0.4 is 11.5 Å². The second-order valence-electron chi connectivity index (χ2n) is 8.19. The van der Waals surface area contributed by atoms with Crippen molar-refractivity contribution in [3.8, 4) is 0 Å². The Kier molecular flexibility index (Phi) is 9.20. The van der Waals surface area contributed by atoms with E-state index < -0.39 is 17.6 Å². The smallest absolute Gasteiger partial charge is 0.246 e. The molecule has 2 atom stereocenters. The molecule has 0 aliphatic heterocycles. The van der Waals surface area contributed by atoms with Gasteiger partial charge < -0.3 is 21.3 Å². The summed E-state index contributed by atoms with van der Waals surface area (Å²) in [7, 11) is 3.12. The molecular weight excluding hydrogens is 368 g/mol. The van der Waals surface area contributed by atoms with Crippen molar-refractivity contribution in [2.75, 3.05) is 20.6 Å². The van der Waals surface area contributed by atoms with E-state index in [0.29, 0.717) is 12.8 Å². The lowest BCUT2D eigenvalue weighted by Gasteiger charge is -2.30. The summed E-state index contributed by atoms with van der Waals surface area (Å²) < 4.78 is 0. The molecule has 0 saturated carbocycles. The molecule has 4 N–H and O–H groups in total. The Bertz CT molecular complexity index is 723. The van der Waals surface area contributed by atoms with Crippen LogP contribution in [0.4, 0.5) is 0 Å². The quantitative estimate of drug-likeness (QED) is 0.570. The van der Waals surface area contributed by atoms with E-state index in [9.17, 15) is 14.4 Å². The highest BCUT2D eigenvalue weighted by atomic mass is 16.2. The molecule has 0 saturated heterocycles. The van der Waals surface area contributed by atoms with Crippen molar-refractivity contribution in [2.45, 2.75) is 51.2 Å². The molecule has 1 aromatic rings. The molecule has 7 nitrogen and oxygen atoms in total. The highest BCUT2D eigenvalue weighted by Crippen LogP contribution is 2.11. The molecule has 0 radical (unpaired) electrons. The first-order valence-electron chi connectivity index (χ1n) is 9.71. The number of hydrogen-bond acceptors (Lipinski definition) is 5. The minimum Gasteiger partial charge on any atom is -0.334 e. The van der Waals surface area contributed by atoms with E-state index >= 15 is 0 Å². The van der Waals surface area contributed by atoms with Gasteiger partial charge in [0.05, 0.1) is 18.6 Å². The number of nitrogens with zero attached hydrogens (tertiary/aromatic N) is 2. The number of benzene rings is 1. The van der Waals surface area contributed by atoms with Gasteiger partial charge in [0, 0.05) is 26.1 Å². The lowest BCUT2D eigenvalue weighted by Crippen LogP contribution is -2.51. The summed E-state index contributed by atoms with van der Waals surface area (Å²) in [6.07, 6.45) is 4.02. The molecular formula is C22H34N4O3. The SMILES string of the molecule is CC(N)C(=O)C(Cc1ccccc1)N(C)C(=O)CN(C)C(=O)/C=C/CC(C)(C)N. The van der Waals surface area contributed by atoms with E-state index in [0.717, 1.165) is 5.56 Å². The average Bonchev–Trinajstić information content (AvgIpc) is 2.64. The van der Waals surface area contributed by atoms with E-state index in [-0.39, 0.29) is 24.1 Å². The van der Waals surface area contributed by atoms with Crippen LogP contribution in [0.1, 0.15) is 32.8 Å². The van der Waals surface area contributed by atoms with Crippen LogP contribution in [0, 0.1) is 0 Å². The van der Waals surface area contributed by atoms with Crippen molar-refractivity contribution in [3.63, 3.8) is 0 Å². The Balaban J connectivity index is 2.82. The minimum atomic E-state index is -0.694. The highest BCUT2D eigenvalue weighted by molar-refractivity contribution is 5.94. The standard InChI is InChI=1S/C22H34N4O3/c1-16(23)21(29)18(14-17-10-7-6-8-11-17)26(5)20(28)15-25(4)19(27)12-9-13-22(2,3)24/h6-12,16,18H,13-15,23-24H2,1-5H3/b12-9+. The first-order valence-corrected chi connectivity index (χ1v) is 9.71. The number of carbonyl (C=O) groups excluding carboxylic acids is 3. The Morgan fingerprint density at radius 3 is 2.24 bits per heavy atom. The van der Waals surface area contributed by atoms with Crippen LogP contribution in [0.2, 0.25) is 0 Å². The zero-order valence-corrected chi connectivity index (χ0v) is 18.1. The molecule has 7 heteroatoms. The predicted molar refractivity (Wildman–Crippen MR) is 115 cm³/mol. The van der Waals surface area contributed by atoms with Crippen LogP contribution in [0.15, 0.2) is 42.5 Å². The number of nitrogens with two attached hydrogens (primary N) is 2. The second kappa shape index (κ2) is 10.9. The van der Waals surface area contributed by atoms with E-state index in [1.54, 1.807) is 27.1 Å². The molecule has 0 bridgehead atoms. The largest absolute Gasteiger partial charge is 0.334 e. The molecule has 0 aliphatic carbocycles. The van der Waals surface area contributed by atoms with Gasteiger partial charge in [-0.1, -0.05) is 36.4 Å². The maximum absolute atomic E-state index is 12.7. The molecule has 1 aromatic carbocycles. The van der Waals surface area contributed by atoms with Gasteiger partial charge in [-0.3, -0.25) is 14.4 Å². The fraction of sp³-hybridized carbons (Fsp3) is 0.500. The molecule has 0 aliphatic rings. The van der Waals surface area contributed by atoms with Crippen LogP contribution in [0.25, 0.3) is 0 Å². The predicted octanol–water partition coefficient (Wildman–Crippen LogP) is 1.11. The topological polar surface area (TPSA) is 110 Å². The summed E-state index contributed by atoms with van der Waals surface area (Å²) in [6, 6.07) is 8.07. The summed E-state index contributed by atoms with van der Waals surface area (Å²) in [5.74, 6) is -0.846. The summed E-state index contributed by atoms with van der Waals surface area (Å²) >= 11 is 0. The normalized spacial score (nSPS) is 13.8. The Morgan fingerprint density at radius 2 is 1.72 bits per heavy atom. The van der Waals surface area contributed by atoms with Gasteiger partial charge >= 0.3 is 0 Å². The van der Waals surface area contributed by atoms with Crippen molar-refractivity contribution in [1.82, 2.24) is 9.80 Å². The highest BCUT2D eigenvalue weighted by Gasteiger charge is 2.29. The van der Waals surface area contributed by atoms with Crippen LogP contribution >= 0.6 is 0 Å². The third-order valence-electron chi connectivity index (χ3n) is 4.56. The first kappa shape index (κ1) is 24.5. The fourth-order valence-corrected chi connectivity index (χ4v) is 2.73. The van der Waals surface area contributed by atoms with Gasteiger partial charge in [0.2, 0.25) is 11.8 Å². The number of rotatable bonds is 10. The van der Waals surface area contributed by atoms with E-state index in [1.165, 1.54) is 15.9 Å². The Labute approximate surface area is 173 Å². The summed E-state index contributed by atoms with van der Waals surface area (Å²) in [5, 5.41) is 0. The van der Waals surface area contributed by atoms with Gasteiger partial charge in [-0.15, -0.1) is 0 Å². The van der Waals surface area contributed by atoms with Crippen molar-refractivity contribution in [3.05, 3.63) is 48.0 Å². The van der Waals surface area contributed by atoms with Crippen molar-refractivity contribution in [2.24, 2.45) is 11.5 Å². The van der Waals surface area contributed by atoms with Crippen molar-refractivity contribution in [1.29, 1.82) is 0 Å². The molecule has 0 fully saturated rings. The van der Waals surface area contributed by atoms with Crippen LogP contribution in [0.5, 0.6) is 0 Å². The third kappa shape index (κ3) is 8.58. The number of carbonyl (C=O) groups is 3. The zero-order chi connectivity index (χ0) is 22.2. The van der Waals surface area contributed by atoms with E-state index in [2.05, 4.69) is 0 Å². The van der Waals surface area contributed by atoms with Gasteiger partial charge in [0.15, 0.2) is 5.78 Å². The first-order chi connectivity index (χ1) is 13.4. The lowest BCUT2D eigenvalue weighted by atomic mass is 9.97. The number of likely N-dealkylation sites (N-methyl/N-ethyl adjacent to an activating group) is 2. The van der Waals surface area contributed by atoms with Crippen molar-refractivity contribution >= 4 is 17.6 Å². The van der Waals surface area contributed by atoms with Crippen LogP contribution in [-0.4, -0.2) is 65.7 Å². The number of Topliss-reactive ketones (excluding diaryl/α,β-unsaturated/α-hetero) is 1. The van der Waals surface area contributed by atoms with Gasteiger partial charge in [0.1, 0.15) is 0 Å². The monoisotopic (exact) mass is 402 g/mol. The third-order valence-corrected chi connectivity index (χ3v) is 4.56. The average molecular weight is 403 g/mol. The molecule has 2 unspecified atom stereocenters. The van der Waals surface area contributed by atoms with Crippen molar-refractivity contribution < 1.29 is 14.4 Å².